The Hall–Kier alpha value is -3.84. The molecule has 0 aliphatic carbocycles. The molecule has 3 aromatic rings. The van der Waals surface area contributed by atoms with Crippen LogP contribution in [0.2, 0.25) is 0 Å². The van der Waals surface area contributed by atoms with Crippen LogP contribution in [0.5, 0.6) is 11.5 Å². The second-order valence-corrected chi connectivity index (χ2v) is 10.7. The van der Waals surface area contributed by atoms with E-state index in [1.165, 1.54) is 5.56 Å². The Balaban J connectivity index is 1.08. The Kier molecular flexibility index (Phi) is 6.89. The summed E-state index contributed by atoms with van der Waals surface area (Å²) in [5.41, 5.74) is 3.80. The number of anilines is 1. The number of carbonyl (C=O) groups is 1. The number of ether oxygens (including phenoxy) is 1. The molecule has 3 aromatic carbocycles. The van der Waals surface area contributed by atoms with Gasteiger partial charge in [-0.25, -0.2) is 4.79 Å². The number of rotatable bonds is 5. The Morgan fingerprint density at radius 3 is 2.22 bits per heavy atom. The molecule has 7 heteroatoms. The van der Waals surface area contributed by atoms with Gasteiger partial charge in [-0.3, -0.25) is 5.32 Å². The van der Waals surface area contributed by atoms with Crippen LogP contribution in [0, 0.1) is 0 Å². The Morgan fingerprint density at radius 2 is 1.57 bits per heavy atom. The number of oxime groups is 1. The topological polar surface area (TPSA) is 72.4 Å². The van der Waals surface area contributed by atoms with Crippen LogP contribution in [-0.4, -0.2) is 35.6 Å². The molecule has 0 saturated carbocycles. The van der Waals surface area contributed by atoms with Gasteiger partial charge < -0.3 is 14.4 Å². The summed E-state index contributed by atoms with van der Waals surface area (Å²) in [5, 5.41) is 8.88. The molecular weight excluding hydrogens is 466 g/mol. The van der Waals surface area contributed by atoms with Crippen molar-refractivity contribution in [1.29, 1.82) is 0 Å². The van der Waals surface area contributed by atoms with E-state index in [-0.39, 0.29) is 11.0 Å². The highest BCUT2D eigenvalue weighted by atomic mass is 16.7. The molecule has 0 atom stereocenters. The molecule has 192 valence electrons. The van der Waals surface area contributed by atoms with Crippen LogP contribution in [-0.2, 0) is 15.1 Å². The van der Waals surface area contributed by atoms with Gasteiger partial charge in [0.2, 0.25) is 0 Å². The lowest BCUT2D eigenvalue weighted by Crippen LogP contribution is -2.45. The predicted octanol–water partition coefficient (Wildman–Crippen LogP) is 6.90. The van der Waals surface area contributed by atoms with Crippen LogP contribution < -0.4 is 10.1 Å². The van der Waals surface area contributed by atoms with Gasteiger partial charge in [0.1, 0.15) is 17.1 Å². The normalized spacial score (nSPS) is 17.1. The zero-order chi connectivity index (χ0) is 25.9. The maximum absolute atomic E-state index is 12.4. The van der Waals surface area contributed by atoms with Gasteiger partial charge in [0, 0.05) is 38.0 Å². The lowest BCUT2D eigenvalue weighted by molar-refractivity contribution is -0.154. The van der Waals surface area contributed by atoms with Crippen molar-refractivity contribution in [3.63, 3.8) is 0 Å². The molecule has 0 aromatic heterocycles. The lowest BCUT2D eigenvalue weighted by atomic mass is 9.84. The van der Waals surface area contributed by atoms with Gasteiger partial charge in [0.15, 0.2) is 0 Å². The maximum atomic E-state index is 12.4. The van der Waals surface area contributed by atoms with Crippen molar-refractivity contribution in [3.8, 4) is 11.5 Å². The number of para-hydroxylation sites is 1. The summed E-state index contributed by atoms with van der Waals surface area (Å²) >= 11 is 0. The van der Waals surface area contributed by atoms with Crippen LogP contribution >= 0.6 is 0 Å². The second-order valence-electron chi connectivity index (χ2n) is 10.7. The number of hydroxylamine groups is 2. The minimum atomic E-state index is -0.518. The molecule has 1 fully saturated rings. The maximum Gasteiger partial charge on any atom is 0.430 e. The minimum absolute atomic E-state index is 0.118. The number of nitrogens with zero attached hydrogens (tertiary/aromatic N) is 2. The smallest absolute Gasteiger partial charge is 0.430 e. The van der Waals surface area contributed by atoms with E-state index in [1.807, 2.05) is 30.3 Å². The number of piperidine rings is 1. The molecule has 0 radical (unpaired) electrons. The zero-order valence-electron chi connectivity index (χ0n) is 21.6. The highest BCUT2D eigenvalue weighted by Gasteiger charge is 2.43. The quantitative estimate of drug-likeness (QED) is 0.413. The first kappa shape index (κ1) is 24.8. The number of hydrogen-bond acceptors (Lipinski definition) is 6. The standard InChI is InChI=1S/C30H33N3O4/c1-29(2,3)23-11-9-22(10-12-23)27-21-30(37-32-27)17-19-33(20-18-30)36-28(34)31-24-13-15-26(16-14-24)35-25-7-5-4-6-8-25/h4-16H,17-21H2,1-3H3,(H,31,34). The summed E-state index contributed by atoms with van der Waals surface area (Å²) in [4.78, 5) is 23.9. The third-order valence-electron chi connectivity index (χ3n) is 6.85. The fourth-order valence-corrected chi connectivity index (χ4v) is 4.58. The van der Waals surface area contributed by atoms with E-state index in [0.29, 0.717) is 24.5 Å². The first-order valence-corrected chi connectivity index (χ1v) is 12.7. The minimum Gasteiger partial charge on any atom is -0.457 e. The number of hydrogen-bond donors (Lipinski definition) is 1. The molecule has 2 aliphatic rings. The van der Waals surface area contributed by atoms with Gasteiger partial charge in [-0.2, -0.15) is 0 Å². The average Bonchev–Trinajstić information content (AvgIpc) is 3.30. The van der Waals surface area contributed by atoms with E-state index in [1.54, 1.807) is 29.3 Å². The first-order chi connectivity index (χ1) is 17.8. The van der Waals surface area contributed by atoms with E-state index in [2.05, 4.69) is 55.5 Å². The summed E-state index contributed by atoms with van der Waals surface area (Å²) in [6.07, 6.45) is 1.72. The van der Waals surface area contributed by atoms with Gasteiger partial charge in [0.25, 0.3) is 0 Å². The van der Waals surface area contributed by atoms with Crippen molar-refractivity contribution >= 4 is 17.5 Å². The Bertz CT molecular complexity index is 1240. The zero-order valence-corrected chi connectivity index (χ0v) is 21.6. The Morgan fingerprint density at radius 1 is 0.919 bits per heavy atom. The number of carbonyl (C=O) groups excluding carboxylic acids is 1. The lowest BCUT2D eigenvalue weighted by Gasteiger charge is -2.35. The van der Waals surface area contributed by atoms with Crippen LogP contribution in [0.4, 0.5) is 10.5 Å². The van der Waals surface area contributed by atoms with Crippen molar-refractivity contribution in [2.45, 2.75) is 51.0 Å². The van der Waals surface area contributed by atoms with E-state index >= 15 is 0 Å². The SMILES string of the molecule is CC(C)(C)c1ccc(C2=NOC3(CCN(OC(=O)Nc4ccc(Oc5ccccc5)cc4)CC3)C2)cc1. The van der Waals surface area contributed by atoms with Gasteiger partial charge in [-0.15, -0.1) is 5.06 Å². The van der Waals surface area contributed by atoms with Crippen molar-refractivity contribution in [2.24, 2.45) is 5.16 Å². The highest BCUT2D eigenvalue weighted by molar-refractivity contribution is 6.01. The predicted molar refractivity (Wildman–Crippen MR) is 144 cm³/mol. The summed E-state index contributed by atoms with van der Waals surface area (Å²) in [5.74, 6) is 1.45. The van der Waals surface area contributed by atoms with E-state index in [9.17, 15) is 4.79 Å². The average molecular weight is 500 g/mol. The van der Waals surface area contributed by atoms with E-state index < -0.39 is 6.09 Å². The van der Waals surface area contributed by atoms with Crippen LogP contribution in [0.25, 0.3) is 0 Å². The third kappa shape index (κ3) is 6.12. The van der Waals surface area contributed by atoms with Crippen LogP contribution in [0.15, 0.2) is 84.0 Å². The van der Waals surface area contributed by atoms with Crippen LogP contribution in [0.3, 0.4) is 0 Å². The van der Waals surface area contributed by atoms with Crippen molar-refractivity contribution in [2.75, 3.05) is 18.4 Å². The molecule has 5 rings (SSSR count). The third-order valence-corrected chi connectivity index (χ3v) is 6.85. The van der Waals surface area contributed by atoms with E-state index in [4.69, 9.17) is 14.4 Å². The fourth-order valence-electron chi connectivity index (χ4n) is 4.58. The molecule has 37 heavy (non-hydrogen) atoms. The number of benzene rings is 3. The second kappa shape index (κ2) is 10.3. The van der Waals surface area contributed by atoms with Crippen molar-refractivity contribution in [3.05, 3.63) is 90.0 Å². The van der Waals surface area contributed by atoms with Gasteiger partial charge in [-0.05, 0) is 52.9 Å². The summed E-state index contributed by atoms with van der Waals surface area (Å²) in [6.45, 7) is 7.80. The number of nitrogens with one attached hydrogen (secondary N) is 1. The molecule has 2 aliphatic heterocycles. The van der Waals surface area contributed by atoms with Gasteiger partial charge in [-0.1, -0.05) is 68.4 Å². The largest absolute Gasteiger partial charge is 0.457 e. The van der Waals surface area contributed by atoms with Crippen LogP contribution in [0.1, 0.15) is 51.2 Å². The summed E-state index contributed by atoms with van der Waals surface area (Å²) in [7, 11) is 0. The molecule has 2 heterocycles. The molecule has 0 bridgehead atoms. The van der Waals surface area contributed by atoms with Gasteiger partial charge >= 0.3 is 6.09 Å². The molecule has 1 N–H and O–H groups in total. The summed E-state index contributed by atoms with van der Waals surface area (Å²) < 4.78 is 5.79. The molecular formula is C30H33N3O4. The van der Waals surface area contributed by atoms with Crippen molar-refractivity contribution < 1.29 is 19.2 Å². The number of amides is 1. The van der Waals surface area contributed by atoms with Gasteiger partial charge in [0.05, 0.1) is 5.71 Å². The Labute approximate surface area is 218 Å². The highest BCUT2D eigenvalue weighted by Crippen LogP contribution is 2.36. The molecule has 1 spiro atoms. The van der Waals surface area contributed by atoms with E-state index in [0.717, 1.165) is 36.3 Å². The van der Waals surface area contributed by atoms with Crippen molar-refractivity contribution in [1.82, 2.24) is 5.06 Å². The molecule has 7 nitrogen and oxygen atoms in total. The molecule has 0 unspecified atom stereocenters. The summed E-state index contributed by atoms with van der Waals surface area (Å²) in [6, 6.07) is 25.3. The molecule has 1 amide bonds. The fraction of sp³-hybridized carbons (Fsp3) is 0.333. The monoisotopic (exact) mass is 499 g/mol. The molecule has 1 saturated heterocycles. The first-order valence-electron chi connectivity index (χ1n) is 12.7.